The van der Waals surface area contributed by atoms with Crippen molar-refractivity contribution in [3.63, 3.8) is 0 Å². The zero-order valence-electron chi connectivity index (χ0n) is 9.17. The average Bonchev–Trinajstić information content (AvgIpc) is 2.99. The van der Waals surface area contributed by atoms with Crippen LogP contribution in [0.2, 0.25) is 0 Å². The summed E-state index contributed by atoms with van der Waals surface area (Å²) in [5, 5.41) is 3.75. The van der Waals surface area contributed by atoms with Crippen LogP contribution < -0.4 is 5.32 Å². The fraction of sp³-hybridized carbons (Fsp3) is 1.00. The highest BCUT2D eigenvalue weighted by Gasteiger charge is 2.27. The van der Waals surface area contributed by atoms with Gasteiger partial charge >= 0.3 is 0 Å². The summed E-state index contributed by atoms with van der Waals surface area (Å²) in [5.74, 6) is 1.29. The van der Waals surface area contributed by atoms with Crippen LogP contribution in [0.25, 0.3) is 0 Å². The monoisotopic (exact) mass is 214 g/mol. The van der Waals surface area contributed by atoms with Crippen molar-refractivity contribution < 1.29 is 0 Å². The molecule has 0 spiro atoms. The van der Waals surface area contributed by atoms with E-state index >= 15 is 0 Å². The number of nitrogens with zero attached hydrogens (tertiary/aromatic N) is 1. The second-order valence-corrected chi connectivity index (χ2v) is 5.56. The Kier molecular flexibility index (Phi) is 4.14. The van der Waals surface area contributed by atoms with E-state index in [2.05, 4.69) is 16.5 Å². The molecule has 1 N–H and O–H groups in total. The van der Waals surface area contributed by atoms with Gasteiger partial charge in [-0.05, 0) is 38.5 Å². The summed E-state index contributed by atoms with van der Waals surface area (Å²) in [4.78, 5) is 2.63. The fourth-order valence-corrected chi connectivity index (χ4v) is 2.64. The van der Waals surface area contributed by atoms with Crippen LogP contribution in [0.4, 0.5) is 0 Å². The molecule has 1 unspecified atom stereocenters. The van der Waals surface area contributed by atoms with E-state index in [0.29, 0.717) is 0 Å². The largest absolute Gasteiger partial charge is 0.310 e. The summed E-state index contributed by atoms with van der Waals surface area (Å²) in [6.45, 7) is 3.89. The number of nitrogens with one attached hydrogen (secondary N) is 1. The SMILES string of the molecule is CSCCN1CCCC(NC2CC2)C1. The number of thioether (sulfide) groups is 1. The van der Waals surface area contributed by atoms with E-state index in [-0.39, 0.29) is 0 Å². The van der Waals surface area contributed by atoms with Gasteiger partial charge in [-0.15, -0.1) is 0 Å². The first kappa shape index (κ1) is 10.8. The predicted octanol–water partition coefficient (Wildman–Crippen LogP) is 1.57. The van der Waals surface area contributed by atoms with Gasteiger partial charge in [-0.3, -0.25) is 0 Å². The summed E-state index contributed by atoms with van der Waals surface area (Å²) < 4.78 is 0. The maximum atomic E-state index is 3.75. The van der Waals surface area contributed by atoms with Crippen LogP contribution in [-0.4, -0.2) is 48.6 Å². The van der Waals surface area contributed by atoms with Gasteiger partial charge in [0.05, 0.1) is 0 Å². The molecule has 0 aromatic rings. The van der Waals surface area contributed by atoms with E-state index in [1.54, 1.807) is 0 Å². The van der Waals surface area contributed by atoms with Crippen LogP contribution in [0.1, 0.15) is 25.7 Å². The Morgan fingerprint density at radius 2 is 2.14 bits per heavy atom. The van der Waals surface area contributed by atoms with Crippen molar-refractivity contribution in [2.24, 2.45) is 0 Å². The number of hydrogen-bond donors (Lipinski definition) is 1. The van der Waals surface area contributed by atoms with Gasteiger partial charge in [-0.25, -0.2) is 0 Å². The lowest BCUT2D eigenvalue weighted by Crippen LogP contribution is -2.46. The molecule has 0 aromatic heterocycles. The van der Waals surface area contributed by atoms with Crippen molar-refractivity contribution in [1.82, 2.24) is 10.2 Å². The fourth-order valence-electron chi connectivity index (χ4n) is 2.20. The lowest BCUT2D eigenvalue weighted by atomic mass is 10.1. The molecular weight excluding hydrogens is 192 g/mol. The number of rotatable bonds is 5. The van der Waals surface area contributed by atoms with Gasteiger partial charge < -0.3 is 10.2 Å². The molecule has 1 saturated carbocycles. The molecule has 1 aliphatic heterocycles. The molecular formula is C11H22N2S. The molecule has 14 heavy (non-hydrogen) atoms. The summed E-state index contributed by atoms with van der Waals surface area (Å²) in [7, 11) is 0. The third-order valence-electron chi connectivity index (χ3n) is 3.17. The van der Waals surface area contributed by atoms with E-state index < -0.39 is 0 Å². The molecule has 3 heteroatoms. The van der Waals surface area contributed by atoms with Crippen molar-refractivity contribution in [3.8, 4) is 0 Å². The van der Waals surface area contributed by atoms with Crippen molar-refractivity contribution >= 4 is 11.8 Å². The molecule has 0 amide bonds. The van der Waals surface area contributed by atoms with Gasteiger partial charge in [0.2, 0.25) is 0 Å². The van der Waals surface area contributed by atoms with Gasteiger partial charge in [0.25, 0.3) is 0 Å². The normalized spacial score (nSPS) is 29.4. The summed E-state index contributed by atoms with van der Waals surface area (Å²) in [6, 6.07) is 1.67. The lowest BCUT2D eigenvalue weighted by Gasteiger charge is -2.33. The smallest absolute Gasteiger partial charge is 0.0198 e. The Morgan fingerprint density at radius 3 is 2.86 bits per heavy atom. The third-order valence-corrected chi connectivity index (χ3v) is 3.76. The van der Waals surface area contributed by atoms with Gasteiger partial charge in [0, 0.05) is 30.9 Å². The highest BCUT2D eigenvalue weighted by Crippen LogP contribution is 2.21. The molecule has 1 heterocycles. The van der Waals surface area contributed by atoms with E-state index in [1.165, 1.54) is 51.1 Å². The van der Waals surface area contributed by atoms with Crippen LogP contribution in [0.5, 0.6) is 0 Å². The first-order valence-electron chi connectivity index (χ1n) is 5.86. The minimum Gasteiger partial charge on any atom is -0.310 e. The molecule has 1 aliphatic carbocycles. The molecule has 0 radical (unpaired) electrons. The summed E-state index contributed by atoms with van der Waals surface area (Å²) >= 11 is 1.96. The molecule has 0 bridgehead atoms. The predicted molar refractivity (Wildman–Crippen MR) is 64.0 cm³/mol. The second-order valence-electron chi connectivity index (χ2n) is 4.57. The van der Waals surface area contributed by atoms with Crippen LogP contribution in [0.15, 0.2) is 0 Å². The van der Waals surface area contributed by atoms with Crippen LogP contribution in [0, 0.1) is 0 Å². The van der Waals surface area contributed by atoms with E-state index in [0.717, 1.165) is 12.1 Å². The molecule has 2 fully saturated rings. The Bertz CT molecular complexity index is 171. The third kappa shape index (κ3) is 3.44. The zero-order chi connectivity index (χ0) is 9.80. The van der Waals surface area contributed by atoms with Gasteiger partial charge in [0.15, 0.2) is 0 Å². The van der Waals surface area contributed by atoms with E-state index in [1.807, 2.05) is 11.8 Å². The van der Waals surface area contributed by atoms with Crippen molar-refractivity contribution in [1.29, 1.82) is 0 Å². The van der Waals surface area contributed by atoms with Crippen LogP contribution in [-0.2, 0) is 0 Å². The van der Waals surface area contributed by atoms with Gasteiger partial charge in [0.1, 0.15) is 0 Å². The Balaban J connectivity index is 1.66. The molecule has 2 aliphatic rings. The minimum absolute atomic E-state index is 0.790. The zero-order valence-corrected chi connectivity index (χ0v) is 9.98. The maximum Gasteiger partial charge on any atom is 0.0198 e. The molecule has 2 rings (SSSR count). The summed E-state index contributed by atoms with van der Waals surface area (Å²) in [6.07, 6.45) is 7.82. The number of likely N-dealkylation sites (tertiary alicyclic amines) is 1. The minimum atomic E-state index is 0.790. The Labute approximate surface area is 91.8 Å². The maximum absolute atomic E-state index is 3.75. The van der Waals surface area contributed by atoms with E-state index in [4.69, 9.17) is 0 Å². The Morgan fingerprint density at radius 1 is 1.29 bits per heavy atom. The average molecular weight is 214 g/mol. The molecule has 82 valence electrons. The molecule has 1 atom stereocenters. The molecule has 1 saturated heterocycles. The highest BCUT2D eigenvalue weighted by atomic mass is 32.2. The van der Waals surface area contributed by atoms with Crippen molar-refractivity contribution in [2.75, 3.05) is 31.6 Å². The summed E-state index contributed by atoms with van der Waals surface area (Å²) in [5.41, 5.74) is 0. The molecule has 0 aromatic carbocycles. The number of piperidine rings is 1. The topological polar surface area (TPSA) is 15.3 Å². The standard InChI is InChI=1S/C11H22N2S/c1-14-8-7-13-6-2-3-11(9-13)12-10-4-5-10/h10-12H,2-9H2,1H3. The number of hydrogen-bond acceptors (Lipinski definition) is 3. The quantitative estimate of drug-likeness (QED) is 0.748. The highest BCUT2D eigenvalue weighted by molar-refractivity contribution is 7.98. The first-order chi connectivity index (χ1) is 6.88. The lowest BCUT2D eigenvalue weighted by molar-refractivity contribution is 0.200. The molecule has 2 nitrogen and oxygen atoms in total. The van der Waals surface area contributed by atoms with Crippen LogP contribution >= 0.6 is 11.8 Å². The van der Waals surface area contributed by atoms with Gasteiger partial charge in [-0.1, -0.05) is 0 Å². The van der Waals surface area contributed by atoms with Crippen molar-refractivity contribution in [2.45, 2.75) is 37.8 Å². The van der Waals surface area contributed by atoms with E-state index in [9.17, 15) is 0 Å². The van der Waals surface area contributed by atoms with Gasteiger partial charge in [-0.2, -0.15) is 11.8 Å². The van der Waals surface area contributed by atoms with Crippen molar-refractivity contribution in [3.05, 3.63) is 0 Å². The Hall–Kier alpha value is 0.270. The first-order valence-corrected chi connectivity index (χ1v) is 7.25. The second kappa shape index (κ2) is 5.38. The van der Waals surface area contributed by atoms with Crippen LogP contribution in [0.3, 0.4) is 0 Å².